The molecule has 0 saturated heterocycles. The van der Waals surface area contributed by atoms with Crippen LogP contribution in [0.4, 0.5) is 5.69 Å². The Morgan fingerprint density at radius 3 is 2.00 bits per heavy atom. The summed E-state index contributed by atoms with van der Waals surface area (Å²) in [5.41, 5.74) is 0.998. The molecule has 2 aromatic rings. The molecule has 1 atom stereocenters. The fourth-order valence-corrected chi connectivity index (χ4v) is 4.03. The normalized spacial score (nSPS) is 18.5. The Hall–Kier alpha value is -1.82. The number of halogens is 2. The molecule has 3 rings (SSSR count). The van der Waals surface area contributed by atoms with E-state index in [1.54, 1.807) is 48.5 Å². The number of benzene rings is 2. The lowest BCUT2D eigenvalue weighted by Crippen LogP contribution is -2.41. The topological polar surface area (TPSA) is 54.5 Å². The number of carbonyl (C=O) groups is 1. The molecule has 0 N–H and O–H groups in total. The number of carbonyl (C=O) groups excluding carboxylic acids is 1. The molecule has 0 spiro atoms. The molecular formula is C17H13Cl2NO3S. The van der Waals surface area contributed by atoms with Gasteiger partial charge >= 0.3 is 0 Å². The molecule has 0 aliphatic carbocycles. The first-order chi connectivity index (χ1) is 11.4. The van der Waals surface area contributed by atoms with Crippen LogP contribution in [0.3, 0.4) is 0 Å². The molecule has 0 radical (unpaired) electrons. The highest BCUT2D eigenvalue weighted by molar-refractivity contribution is 7.94. The predicted octanol–water partition coefficient (Wildman–Crippen LogP) is 3.95. The van der Waals surface area contributed by atoms with Gasteiger partial charge in [-0.15, -0.1) is 0 Å². The van der Waals surface area contributed by atoms with Crippen LogP contribution in [0, 0.1) is 0 Å². The minimum atomic E-state index is -3.30. The zero-order valence-electron chi connectivity index (χ0n) is 12.4. The van der Waals surface area contributed by atoms with Gasteiger partial charge in [0.25, 0.3) is 5.91 Å². The van der Waals surface area contributed by atoms with Gasteiger partial charge in [-0.05, 0) is 54.6 Å². The van der Waals surface area contributed by atoms with Crippen LogP contribution >= 0.6 is 23.2 Å². The first-order valence-corrected chi connectivity index (χ1v) is 9.58. The lowest BCUT2D eigenvalue weighted by atomic mass is 10.1. The zero-order chi connectivity index (χ0) is 17.3. The molecule has 4 nitrogen and oxygen atoms in total. The Balaban J connectivity index is 2.01. The molecule has 1 aliphatic rings. The molecule has 0 bridgehead atoms. The van der Waals surface area contributed by atoms with E-state index in [0.717, 1.165) is 5.41 Å². The van der Waals surface area contributed by atoms with Crippen LogP contribution in [-0.2, 0) is 9.84 Å². The number of sulfone groups is 1. The van der Waals surface area contributed by atoms with Crippen LogP contribution in [0.15, 0.2) is 60.0 Å². The van der Waals surface area contributed by atoms with Crippen molar-refractivity contribution in [1.29, 1.82) is 0 Å². The highest BCUT2D eigenvalue weighted by atomic mass is 35.5. The number of hydrogen-bond donors (Lipinski definition) is 0. The molecule has 0 unspecified atom stereocenters. The molecule has 0 aromatic heterocycles. The third-order valence-corrected chi connectivity index (χ3v) is 5.54. The summed E-state index contributed by atoms with van der Waals surface area (Å²) in [6.45, 7) is 0. The molecular weight excluding hydrogens is 369 g/mol. The fraction of sp³-hybridized carbons (Fsp3) is 0.118. The summed E-state index contributed by atoms with van der Waals surface area (Å²) in [4.78, 5) is 14.4. The SMILES string of the molecule is O=C(c1ccc(Cl)cc1)N(c1ccc(Cl)cc1)[C@@H]1C=CS(=O)(=O)C1. The standard InChI is InChI=1S/C17H13Cl2NO3S/c18-13-3-1-12(2-4-13)17(21)20(15-7-5-14(19)6-8-15)16-9-10-24(22,23)11-16/h1-10,16H,11H2/t16-/m1/s1. The second-order valence-electron chi connectivity index (χ2n) is 5.38. The Labute approximate surface area is 150 Å². The second kappa shape index (κ2) is 6.59. The quantitative estimate of drug-likeness (QED) is 0.808. The van der Waals surface area contributed by atoms with Crippen molar-refractivity contribution in [3.63, 3.8) is 0 Å². The van der Waals surface area contributed by atoms with Gasteiger partial charge in [-0.1, -0.05) is 23.2 Å². The zero-order valence-corrected chi connectivity index (χ0v) is 14.7. The smallest absolute Gasteiger partial charge is 0.258 e. The van der Waals surface area contributed by atoms with Crippen molar-refractivity contribution in [2.75, 3.05) is 10.7 Å². The van der Waals surface area contributed by atoms with E-state index in [-0.39, 0.29) is 11.7 Å². The van der Waals surface area contributed by atoms with Gasteiger partial charge in [0.15, 0.2) is 9.84 Å². The number of amides is 1. The van der Waals surface area contributed by atoms with E-state index in [4.69, 9.17) is 23.2 Å². The summed E-state index contributed by atoms with van der Waals surface area (Å²) < 4.78 is 23.5. The van der Waals surface area contributed by atoms with Gasteiger partial charge in [-0.25, -0.2) is 8.42 Å². The Morgan fingerprint density at radius 1 is 0.958 bits per heavy atom. The maximum atomic E-state index is 13.0. The van der Waals surface area contributed by atoms with Crippen molar-refractivity contribution >= 4 is 44.6 Å². The number of hydrogen-bond acceptors (Lipinski definition) is 3. The highest BCUT2D eigenvalue weighted by Gasteiger charge is 2.31. The maximum Gasteiger partial charge on any atom is 0.258 e. The maximum absolute atomic E-state index is 13.0. The minimum absolute atomic E-state index is 0.144. The van der Waals surface area contributed by atoms with Crippen LogP contribution in [-0.4, -0.2) is 26.1 Å². The summed E-state index contributed by atoms with van der Waals surface area (Å²) in [5, 5.41) is 2.20. The van der Waals surface area contributed by atoms with Gasteiger partial charge in [0, 0.05) is 26.7 Å². The lowest BCUT2D eigenvalue weighted by Gasteiger charge is -2.28. The average molecular weight is 382 g/mol. The van der Waals surface area contributed by atoms with Crippen LogP contribution in [0.25, 0.3) is 0 Å². The van der Waals surface area contributed by atoms with E-state index in [1.165, 1.54) is 11.0 Å². The molecule has 1 aliphatic heterocycles. The van der Waals surface area contributed by atoms with E-state index in [9.17, 15) is 13.2 Å². The molecule has 2 aromatic carbocycles. The van der Waals surface area contributed by atoms with E-state index in [1.807, 2.05) is 0 Å². The Morgan fingerprint density at radius 2 is 1.50 bits per heavy atom. The van der Waals surface area contributed by atoms with Gasteiger partial charge in [-0.3, -0.25) is 4.79 Å². The summed E-state index contributed by atoms with van der Waals surface area (Å²) in [6.07, 6.45) is 1.53. The summed E-state index contributed by atoms with van der Waals surface area (Å²) >= 11 is 11.8. The van der Waals surface area contributed by atoms with Crippen LogP contribution in [0.2, 0.25) is 10.0 Å². The predicted molar refractivity (Wildman–Crippen MR) is 96.4 cm³/mol. The number of rotatable bonds is 3. The van der Waals surface area contributed by atoms with E-state index in [0.29, 0.717) is 21.3 Å². The molecule has 24 heavy (non-hydrogen) atoms. The van der Waals surface area contributed by atoms with Crippen molar-refractivity contribution in [1.82, 2.24) is 0 Å². The summed E-state index contributed by atoms with van der Waals surface area (Å²) in [7, 11) is -3.30. The fourth-order valence-electron chi connectivity index (χ4n) is 2.51. The third kappa shape index (κ3) is 3.64. The first kappa shape index (κ1) is 17.0. The highest BCUT2D eigenvalue weighted by Crippen LogP contribution is 2.26. The van der Waals surface area contributed by atoms with Gasteiger partial charge in [0.05, 0.1) is 11.8 Å². The molecule has 0 fully saturated rings. The third-order valence-electron chi connectivity index (χ3n) is 3.66. The first-order valence-electron chi connectivity index (χ1n) is 7.11. The van der Waals surface area contributed by atoms with Crippen molar-refractivity contribution < 1.29 is 13.2 Å². The summed E-state index contributed by atoms with van der Waals surface area (Å²) in [5.74, 6) is -0.449. The second-order valence-corrected chi connectivity index (χ2v) is 8.19. The van der Waals surface area contributed by atoms with Crippen molar-refractivity contribution in [2.24, 2.45) is 0 Å². The van der Waals surface area contributed by atoms with E-state index >= 15 is 0 Å². The van der Waals surface area contributed by atoms with Gasteiger partial charge in [-0.2, -0.15) is 0 Å². The monoisotopic (exact) mass is 381 g/mol. The molecule has 7 heteroatoms. The lowest BCUT2D eigenvalue weighted by molar-refractivity contribution is 0.0983. The van der Waals surface area contributed by atoms with Crippen LogP contribution in [0.1, 0.15) is 10.4 Å². The van der Waals surface area contributed by atoms with Crippen LogP contribution in [0.5, 0.6) is 0 Å². The van der Waals surface area contributed by atoms with Gasteiger partial charge in [0.2, 0.25) is 0 Å². The molecule has 124 valence electrons. The minimum Gasteiger partial charge on any atom is -0.300 e. The van der Waals surface area contributed by atoms with Gasteiger partial charge < -0.3 is 4.90 Å². The van der Waals surface area contributed by atoms with Gasteiger partial charge in [0.1, 0.15) is 0 Å². The summed E-state index contributed by atoms with van der Waals surface area (Å²) in [6, 6.07) is 12.6. The number of anilines is 1. The Kier molecular flexibility index (Phi) is 4.67. The Bertz CT molecular complexity index is 890. The molecule has 0 saturated carbocycles. The van der Waals surface area contributed by atoms with E-state index < -0.39 is 15.9 Å². The molecule has 1 amide bonds. The van der Waals surface area contributed by atoms with Crippen molar-refractivity contribution in [3.05, 3.63) is 75.6 Å². The largest absolute Gasteiger partial charge is 0.300 e. The van der Waals surface area contributed by atoms with Crippen LogP contribution < -0.4 is 4.90 Å². The van der Waals surface area contributed by atoms with E-state index in [2.05, 4.69) is 0 Å². The van der Waals surface area contributed by atoms with Crippen molar-refractivity contribution in [3.8, 4) is 0 Å². The average Bonchev–Trinajstić information content (AvgIpc) is 2.90. The number of nitrogens with zero attached hydrogens (tertiary/aromatic N) is 1. The van der Waals surface area contributed by atoms with Crippen molar-refractivity contribution in [2.45, 2.75) is 6.04 Å². The molecule has 1 heterocycles.